The van der Waals surface area contributed by atoms with Crippen LogP contribution in [0.25, 0.3) is 22.2 Å². The minimum atomic E-state index is -0.948. The maximum atomic E-state index is 13.2. The van der Waals surface area contributed by atoms with Crippen molar-refractivity contribution in [2.75, 3.05) is 26.7 Å². The fraction of sp³-hybridized carbons (Fsp3) is 0.467. The van der Waals surface area contributed by atoms with E-state index < -0.39 is 5.97 Å². The maximum Gasteiger partial charge on any atom is 0.335 e. The van der Waals surface area contributed by atoms with Gasteiger partial charge < -0.3 is 19.9 Å². The third kappa shape index (κ3) is 5.19. The molecule has 3 aromatic rings. The number of rotatable bonds is 8. The second kappa shape index (κ2) is 10.9. The normalized spacial score (nSPS) is 19.1. The van der Waals surface area contributed by atoms with Gasteiger partial charge in [-0.3, -0.25) is 4.79 Å². The van der Waals surface area contributed by atoms with Crippen LogP contribution >= 0.6 is 0 Å². The number of hydrogen-bond donors (Lipinski definition) is 2. The molecule has 1 atom stereocenters. The summed E-state index contributed by atoms with van der Waals surface area (Å²) >= 11 is 0. The molecule has 1 aliphatic heterocycles. The Bertz CT molecular complexity index is 1230. The average molecular weight is 488 g/mol. The average Bonchev–Trinajstić information content (AvgIpc) is 3.45. The first-order chi connectivity index (χ1) is 17.5. The van der Waals surface area contributed by atoms with Crippen LogP contribution < -0.4 is 5.32 Å². The molecular weight excluding hydrogens is 450 g/mol. The minimum Gasteiger partial charge on any atom is -0.478 e. The lowest BCUT2D eigenvalue weighted by Gasteiger charge is -2.23. The van der Waals surface area contributed by atoms with Crippen molar-refractivity contribution in [3.05, 3.63) is 59.7 Å². The van der Waals surface area contributed by atoms with Crippen LogP contribution in [-0.4, -0.2) is 53.1 Å². The summed E-state index contributed by atoms with van der Waals surface area (Å²) in [5, 5.41) is 13.9. The van der Waals surface area contributed by atoms with E-state index in [9.17, 15) is 14.7 Å². The summed E-state index contributed by atoms with van der Waals surface area (Å²) in [5.74, 6) is 0.0804. The SMILES string of the molecule is CN1CCC(CCNC(=O)Cn2c(-c3ccccc3)c(C3CCCCC3)c3ccc(C(=O)O)cc32)C1. The van der Waals surface area contributed by atoms with Gasteiger partial charge in [0.15, 0.2) is 0 Å². The number of amides is 1. The van der Waals surface area contributed by atoms with Gasteiger partial charge in [0.05, 0.1) is 16.8 Å². The fourth-order valence-electron chi connectivity index (χ4n) is 6.26. The van der Waals surface area contributed by atoms with Gasteiger partial charge in [0.25, 0.3) is 0 Å². The number of benzene rings is 2. The van der Waals surface area contributed by atoms with E-state index in [0.717, 1.165) is 54.5 Å². The van der Waals surface area contributed by atoms with Crippen LogP contribution in [0.4, 0.5) is 0 Å². The highest BCUT2D eigenvalue weighted by molar-refractivity contribution is 5.99. The maximum absolute atomic E-state index is 13.2. The van der Waals surface area contributed by atoms with Crippen molar-refractivity contribution in [2.24, 2.45) is 5.92 Å². The van der Waals surface area contributed by atoms with Crippen LogP contribution in [0.1, 0.15) is 66.8 Å². The molecule has 2 N–H and O–H groups in total. The summed E-state index contributed by atoms with van der Waals surface area (Å²) in [6.45, 7) is 3.08. The topological polar surface area (TPSA) is 74.6 Å². The Hall–Kier alpha value is -3.12. The quantitative estimate of drug-likeness (QED) is 0.439. The first-order valence-electron chi connectivity index (χ1n) is 13.4. The van der Waals surface area contributed by atoms with Crippen LogP contribution in [0.3, 0.4) is 0 Å². The second-order valence-corrected chi connectivity index (χ2v) is 10.6. The molecule has 6 heteroatoms. The summed E-state index contributed by atoms with van der Waals surface area (Å²) < 4.78 is 2.07. The molecular formula is C30H37N3O3. The highest BCUT2D eigenvalue weighted by Gasteiger charge is 2.28. The molecule has 5 rings (SSSR count). The van der Waals surface area contributed by atoms with Crippen molar-refractivity contribution in [1.82, 2.24) is 14.8 Å². The van der Waals surface area contributed by atoms with Crippen molar-refractivity contribution in [2.45, 2.75) is 57.4 Å². The number of carbonyl (C=O) groups is 2. The van der Waals surface area contributed by atoms with E-state index in [1.54, 1.807) is 12.1 Å². The molecule has 1 aromatic heterocycles. The Morgan fingerprint density at radius 1 is 1.03 bits per heavy atom. The summed E-state index contributed by atoms with van der Waals surface area (Å²) in [7, 11) is 2.15. The van der Waals surface area contributed by atoms with Gasteiger partial charge in [-0.1, -0.05) is 55.7 Å². The Labute approximate surface area is 213 Å². The fourth-order valence-corrected chi connectivity index (χ4v) is 6.26. The van der Waals surface area contributed by atoms with Crippen molar-refractivity contribution in [3.8, 4) is 11.3 Å². The number of carboxylic acid groups (broad SMARTS) is 1. The van der Waals surface area contributed by atoms with E-state index in [-0.39, 0.29) is 18.0 Å². The van der Waals surface area contributed by atoms with Crippen LogP contribution in [0, 0.1) is 5.92 Å². The third-order valence-electron chi connectivity index (χ3n) is 8.08. The van der Waals surface area contributed by atoms with E-state index in [1.165, 1.54) is 31.2 Å². The lowest BCUT2D eigenvalue weighted by Crippen LogP contribution is -2.30. The smallest absolute Gasteiger partial charge is 0.335 e. The molecule has 1 unspecified atom stereocenters. The van der Waals surface area contributed by atoms with Crippen LogP contribution in [0.2, 0.25) is 0 Å². The molecule has 190 valence electrons. The molecule has 2 aromatic carbocycles. The molecule has 36 heavy (non-hydrogen) atoms. The second-order valence-electron chi connectivity index (χ2n) is 10.6. The Morgan fingerprint density at radius 2 is 1.81 bits per heavy atom. The summed E-state index contributed by atoms with van der Waals surface area (Å²) in [6, 6.07) is 15.7. The number of likely N-dealkylation sites (tertiary alicyclic amines) is 1. The minimum absolute atomic E-state index is 0.0219. The molecule has 0 spiro atoms. The monoisotopic (exact) mass is 487 g/mol. The van der Waals surface area contributed by atoms with Crippen LogP contribution in [-0.2, 0) is 11.3 Å². The first kappa shape index (κ1) is 24.6. The van der Waals surface area contributed by atoms with Crippen molar-refractivity contribution >= 4 is 22.8 Å². The summed E-state index contributed by atoms with van der Waals surface area (Å²) in [6.07, 6.45) is 8.10. The molecule has 0 bridgehead atoms. The zero-order valence-corrected chi connectivity index (χ0v) is 21.2. The number of carbonyl (C=O) groups excluding carboxylic acids is 1. The highest BCUT2D eigenvalue weighted by Crippen LogP contribution is 2.44. The van der Waals surface area contributed by atoms with E-state index in [1.807, 2.05) is 24.3 Å². The molecule has 2 fully saturated rings. The van der Waals surface area contributed by atoms with Crippen molar-refractivity contribution in [3.63, 3.8) is 0 Å². The Morgan fingerprint density at radius 3 is 2.50 bits per heavy atom. The van der Waals surface area contributed by atoms with Gasteiger partial charge in [-0.05, 0) is 74.4 Å². The number of carboxylic acids is 1. The molecule has 1 amide bonds. The van der Waals surface area contributed by atoms with Gasteiger partial charge in [0.1, 0.15) is 6.54 Å². The summed E-state index contributed by atoms with van der Waals surface area (Å²) in [4.78, 5) is 27.4. The predicted octanol–water partition coefficient (Wildman–Crippen LogP) is 5.51. The van der Waals surface area contributed by atoms with Gasteiger partial charge in [0, 0.05) is 18.5 Å². The van der Waals surface area contributed by atoms with Crippen molar-refractivity contribution in [1.29, 1.82) is 0 Å². The van der Waals surface area contributed by atoms with E-state index >= 15 is 0 Å². The number of aromatic carboxylic acids is 1. The standard InChI is InChI=1S/C30H37N3O3/c1-32-17-15-21(19-32)14-16-31-27(34)20-33-26-18-24(30(35)36)12-13-25(26)28(22-8-4-2-5-9-22)29(33)23-10-6-3-7-11-23/h3,6-7,10-13,18,21-22H,2,4-5,8-9,14-17,19-20H2,1H3,(H,31,34)(H,35,36). The molecule has 0 radical (unpaired) electrons. The van der Waals surface area contributed by atoms with Gasteiger partial charge in [0.2, 0.25) is 5.91 Å². The van der Waals surface area contributed by atoms with Gasteiger partial charge in [-0.15, -0.1) is 0 Å². The number of fused-ring (bicyclic) bond motifs is 1. The molecule has 1 saturated carbocycles. The third-order valence-corrected chi connectivity index (χ3v) is 8.08. The van der Waals surface area contributed by atoms with E-state index in [0.29, 0.717) is 18.4 Å². The number of nitrogens with zero attached hydrogens (tertiary/aromatic N) is 2. The zero-order chi connectivity index (χ0) is 25.1. The highest BCUT2D eigenvalue weighted by atomic mass is 16.4. The predicted molar refractivity (Wildman–Crippen MR) is 143 cm³/mol. The largest absolute Gasteiger partial charge is 0.478 e. The van der Waals surface area contributed by atoms with Crippen LogP contribution in [0.15, 0.2) is 48.5 Å². The van der Waals surface area contributed by atoms with Gasteiger partial charge >= 0.3 is 5.97 Å². The summed E-state index contributed by atoms with van der Waals surface area (Å²) in [5.41, 5.74) is 4.50. The Balaban J connectivity index is 1.52. The lowest BCUT2D eigenvalue weighted by atomic mass is 9.82. The Kier molecular flexibility index (Phi) is 7.42. The van der Waals surface area contributed by atoms with Gasteiger partial charge in [-0.2, -0.15) is 0 Å². The van der Waals surface area contributed by atoms with E-state index in [2.05, 4.69) is 34.0 Å². The first-order valence-corrected chi connectivity index (χ1v) is 13.4. The molecule has 2 aliphatic rings. The van der Waals surface area contributed by atoms with Gasteiger partial charge in [-0.25, -0.2) is 4.79 Å². The van der Waals surface area contributed by atoms with Crippen LogP contribution in [0.5, 0.6) is 0 Å². The number of aromatic nitrogens is 1. The number of nitrogens with one attached hydrogen (secondary N) is 1. The molecule has 1 aliphatic carbocycles. The van der Waals surface area contributed by atoms with E-state index in [4.69, 9.17) is 0 Å². The molecule has 1 saturated heterocycles. The molecule has 6 nitrogen and oxygen atoms in total. The lowest BCUT2D eigenvalue weighted by molar-refractivity contribution is -0.121. The zero-order valence-electron chi connectivity index (χ0n) is 21.2. The molecule has 2 heterocycles. The number of hydrogen-bond acceptors (Lipinski definition) is 3. The van der Waals surface area contributed by atoms with Crippen molar-refractivity contribution < 1.29 is 14.7 Å².